The second-order valence-corrected chi connectivity index (χ2v) is 9.94. The van der Waals surface area contributed by atoms with Crippen LogP contribution in [0.15, 0.2) is 96.4 Å². The number of imidazole rings is 1. The molecule has 0 aliphatic rings. The Morgan fingerprint density at radius 1 is 1.06 bits per heavy atom. The lowest BCUT2D eigenvalue weighted by Crippen LogP contribution is -2.40. The van der Waals surface area contributed by atoms with Crippen molar-refractivity contribution in [2.24, 2.45) is 0 Å². The molecular weight excluding hydrogens is 472 g/mol. The van der Waals surface area contributed by atoms with Crippen molar-refractivity contribution in [3.63, 3.8) is 0 Å². The van der Waals surface area contributed by atoms with Gasteiger partial charge in [0, 0.05) is 29.6 Å². The number of aromatic nitrogens is 2. The van der Waals surface area contributed by atoms with Crippen LogP contribution in [-0.4, -0.2) is 30.4 Å². The molecule has 1 N–H and O–H groups in total. The van der Waals surface area contributed by atoms with Gasteiger partial charge in [0.1, 0.15) is 6.54 Å². The van der Waals surface area contributed by atoms with Crippen LogP contribution in [0, 0.1) is 6.92 Å². The maximum absolute atomic E-state index is 13.4. The lowest BCUT2D eigenvalue weighted by atomic mass is 10.2. The van der Waals surface area contributed by atoms with Crippen molar-refractivity contribution < 1.29 is 13.2 Å². The smallest absolute Gasteiger partial charge is 0.264 e. The first kappa shape index (κ1) is 23.5. The van der Waals surface area contributed by atoms with E-state index in [2.05, 4.69) is 10.3 Å². The van der Waals surface area contributed by atoms with Gasteiger partial charge in [-0.05, 0) is 54.4 Å². The average Bonchev–Trinajstić information content (AvgIpc) is 3.39. The second kappa shape index (κ2) is 10.1. The molecule has 1 aromatic heterocycles. The zero-order valence-electron chi connectivity index (χ0n) is 18.4. The molecule has 3 aromatic carbocycles. The van der Waals surface area contributed by atoms with Crippen molar-refractivity contribution >= 4 is 33.2 Å². The molecule has 0 spiro atoms. The Morgan fingerprint density at radius 3 is 2.44 bits per heavy atom. The van der Waals surface area contributed by atoms with E-state index in [9.17, 15) is 13.2 Å². The van der Waals surface area contributed by atoms with Gasteiger partial charge in [-0.3, -0.25) is 9.10 Å². The highest BCUT2D eigenvalue weighted by molar-refractivity contribution is 7.92. The number of halogens is 1. The summed E-state index contributed by atoms with van der Waals surface area (Å²) in [5.41, 5.74) is 2.96. The van der Waals surface area contributed by atoms with Crippen LogP contribution in [0.3, 0.4) is 0 Å². The number of benzene rings is 3. The molecule has 174 valence electrons. The highest BCUT2D eigenvalue weighted by atomic mass is 35.5. The predicted molar refractivity (Wildman–Crippen MR) is 133 cm³/mol. The quantitative estimate of drug-likeness (QED) is 0.395. The van der Waals surface area contributed by atoms with Crippen molar-refractivity contribution in [3.05, 3.63) is 108 Å². The SMILES string of the molecule is Cc1ccc(N(CC(=O)NCc2ccc(-n3ccnc3)cc2)S(=O)(=O)c2ccccc2)cc1Cl. The number of carbonyl (C=O) groups is 1. The van der Waals surface area contributed by atoms with Crippen LogP contribution in [0.2, 0.25) is 5.02 Å². The minimum absolute atomic E-state index is 0.0922. The highest BCUT2D eigenvalue weighted by Crippen LogP contribution is 2.28. The number of carbonyl (C=O) groups excluding carboxylic acids is 1. The van der Waals surface area contributed by atoms with Crippen molar-refractivity contribution in [2.45, 2.75) is 18.4 Å². The predicted octanol–water partition coefficient (Wildman–Crippen LogP) is 4.35. The normalized spacial score (nSPS) is 11.2. The molecule has 1 amide bonds. The summed E-state index contributed by atoms with van der Waals surface area (Å²) in [6.45, 7) is 1.70. The van der Waals surface area contributed by atoms with Gasteiger partial charge in [0.25, 0.3) is 10.0 Å². The van der Waals surface area contributed by atoms with E-state index in [1.807, 2.05) is 42.0 Å². The molecule has 0 fully saturated rings. The summed E-state index contributed by atoms with van der Waals surface area (Å²) in [7, 11) is -3.99. The fraction of sp³-hybridized carbons (Fsp3) is 0.120. The van der Waals surface area contributed by atoms with Crippen molar-refractivity contribution in [3.8, 4) is 5.69 Å². The minimum atomic E-state index is -3.99. The van der Waals surface area contributed by atoms with E-state index >= 15 is 0 Å². The van der Waals surface area contributed by atoms with Gasteiger partial charge in [-0.2, -0.15) is 0 Å². The van der Waals surface area contributed by atoms with E-state index in [0.717, 1.165) is 21.1 Å². The number of sulfonamides is 1. The minimum Gasteiger partial charge on any atom is -0.350 e. The third-order valence-electron chi connectivity index (χ3n) is 5.29. The maximum Gasteiger partial charge on any atom is 0.264 e. The summed E-state index contributed by atoms with van der Waals surface area (Å²) in [4.78, 5) is 16.9. The Bertz CT molecular complexity index is 1370. The number of hydrogen-bond donors (Lipinski definition) is 1. The molecule has 4 aromatic rings. The molecule has 0 unspecified atom stereocenters. The van der Waals surface area contributed by atoms with E-state index < -0.39 is 15.9 Å². The molecule has 9 heteroatoms. The molecule has 0 atom stereocenters. The molecule has 0 saturated heterocycles. The number of aryl methyl sites for hydroxylation is 1. The summed E-state index contributed by atoms with van der Waals surface area (Å²) >= 11 is 6.25. The fourth-order valence-corrected chi connectivity index (χ4v) is 4.97. The van der Waals surface area contributed by atoms with Crippen LogP contribution in [0.4, 0.5) is 5.69 Å². The molecule has 1 heterocycles. The third-order valence-corrected chi connectivity index (χ3v) is 7.49. The topological polar surface area (TPSA) is 84.3 Å². The fourth-order valence-electron chi connectivity index (χ4n) is 3.36. The lowest BCUT2D eigenvalue weighted by molar-refractivity contribution is -0.119. The number of hydrogen-bond acceptors (Lipinski definition) is 4. The van der Waals surface area contributed by atoms with Crippen LogP contribution in [0.5, 0.6) is 0 Å². The van der Waals surface area contributed by atoms with Gasteiger partial charge in [-0.15, -0.1) is 0 Å². The van der Waals surface area contributed by atoms with E-state index in [-0.39, 0.29) is 18.0 Å². The van der Waals surface area contributed by atoms with E-state index in [1.165, 1.54) is 12.1 Å². The van der Waals surface area contributed by atoms with Gasteiger partial charge in [-0.1, -0.05) is 48.0 Å². The Balaban J connectivity index is 1.51. The van der Waals surface area contributed by atoms with Crippen LogP contribution in [-0.2, 0) is 21.4 Å². The van der Waals surface area contributed by atoms with Crippen LogP contribution >= 0.6 is 11.6 Å². The molecular formula is C25H23ClN4O3S. The number of amides is 1. The molecule has 4 rings (SSSR count). The highest BCUT2D eigenvalue weighted by Gasteiger charge is 2.27. The van der Waals surface area contributed by atoms with Crippen molar-refractivity contribution in [1.29, 1.82) is 0 Å². The van der Waals surface area contributed by atoms with Gasteiger partial charge in [0.05, 0.1) is 16.9 Å². The average molecular weight is 495 g/mol. The van der Waals surface area contributed by atoms with E-state index in [0.29, 0.717) is 10.7 Å². The van der Waals surface area contributed by atoms with Crippen molar-refractivity contribution in [2.75, 3.05) is 10.8 Å². The summed E-state index contributed by atoms with van der Waals surface area (Å²) in [5, 5.41) is 3.23. The zero-order valence-corrected chi connectivity index (χ0v) is 20.0. The number of nitrogens with one attached hydrogen (secondary N) is 1. The molecule has 0 bridgehead atoms. The van der Waals surface area contributed by atoms with E-state index in [4.69, 9.17) is 11.6 Å². The lowest BCUT2D eigenvalue weighted by Gasteiger charge is -2.24. The van der Waals surface area contributed by atoms with Crippen LogP contribution < -0.4 is 9.62 Å². The molecule has 0 aliphatic heterocycles. The van der Waals surface area contributed by atoms with Gasteiger partial charge in [0.2, 0.25) is 5.91 Å². The van der Waals surface area contributed by atoms with Crippen molar-refractivity contribution in [1.82, 2.24) is 14.9 Å². The Labute approximate surface area is 203 Å². The number of rotatable bonds is 8. The second-order valence-electron chi connectivity index (χ2n) is 7.67. The summed E-state index contributed by atoms with van der Waals surface area (Å²) in [5.74, 6) is -0.435. The maximum atomic E-state index is 13.4. The Hall–Kier alpha value is -3.62. The van der Waals surface area contributed by atoms with Crippen LogP contribution in [0.25, 0.3) is 5.69 Å². The van der Waals surface area contributed by atoms with Gasteiger partial charge < -0.3 is 9.88 Å². The van der Waals surface area contributed by atoms with E-state index in [1.54, 1.807) is 48.9 Å². The molecule has 0 radical (unpaired) electrons. The van der Waals surface area contributed by atoms with Crippen LogP contribution in [0.1, 0.15) is 11.1 Å². The summed E-state index contributed by atoms with van der Waals surface area (Å²) in [6, 6.07) is 20.6. The Morgan fingerprint density at radius 2 is 1.79 bits per heavy atom. The van der Waals surface area contributed by atoms with Gasteiger partial charge in [0.15, 0.2) is 0 Å². The molecule has 0 aliphatic carbocycles. The largest absolute Gasteiger partial charge is 0.350 e. The summed E-state index contributed by atoms with van der Waals surface area (Å²) in [6.07, 6.45) is 5.25. The van der Waals surface area contributed by atoms with Gasteiger partial charge in [-0.25, -0.2) is 13.4 Å². The summed E-state index contributed by atoms with van der Waals surface area (Å²) < 4.78 is 29.7. The first-order valence-corrected chi connectivity index (χ1v) is 12.3. The zero-order chi connectivity index (χ0) is 24.1. The number of anilines is 1. The monoisotopic (exact) mass is 494 g/mol. The molecule has 34 heavy (non-hydrogen) atoms. The standard InChI is InChI=1S/C25H23ClN4O3S/c1-19-7-10-22(15-24(19)26)30(34(32,33)23-5-3-2-4-6-23)17-25(31)28-16-20-8-11-21(12-9-20)29-14-13-27-18-29/h2-15,18H,16-17H2,1H3,(H,28,31). The third kappa shape index (κ3) is 5.30. The first-order valence-electron chi connectivity index (χ1n) is 10.5. The number of nitrogens with zero attached hydrogens (tertiary/aromatic N) is 3. The Kier molecular flexibility index (Phi) is 7.00. The molecule has 0 saturated carbocycles. The van der Waals surface area contributed by atoms with Gasteiger partial charge >= 0.3 is 0 Å². The molecule has 7 nitrogen and oxygen atoms in total. The first-order chi connectivity index (χ1) is 16.3.